The van der Waals surface area contributed by atoms with Gasteiger partial charge < -0.3 is 10.6 Å². The first-order valence-electron chi connectivity index (χ1n) is 9.13. The van der Waals surface area contributed by atoms with Gasteiger partial charge in [0.2, 0.25) is 11.8 Å². The van der Waals surface area contributed by atoms with E-state index in [9.17, 15) is 22.8 Å². The third-order valence-electron chi connectivity index (χ3n) is 5.57. The van der Waals surface area contributed by atoms with Crippen LogP contribution in [0.5, 0.6) is 0 Å². The monoisotopic (exact) mass is 388 g/mol. The number of hydrogen-bond donors (Lipinski definition) is 2. The molecule has 3 atom stereocenters. The molecule has 2 aliphatic rings. The Kier molecular flexibility index (Phi) is 4.40. The molecular formula is C21H19F3N2O2. The van der Waals surface area contributed by atoms with E-state index in [0.29, 0.717) is 0 Å². The third kappa shape index (κ3) is 3.04. The van der Waals surface area contributed by atoms with E-state index in [1.807, 2.05) is 53.8 Å². The molecule has 0 saturated carbocycles. The third-order valence-corrected chi connectivity index (χ3v) is 5.57. The van der Waals surface area contributed by atoms with E-state index in [1.54, 1.807) is 0 Å². The van der Waals surface area contributed by atoms with Crippen molar-refractivity contribution in [2.45, 2.75) is 31.6 Å². The highest BCUT2D eigenvalue weighted by molar-refractivity contribution is 6.02. The highest BCUT2D eigenvalue weighted by Crippen LogP contribution is 2.43. The van der Waals surface area contributed by atoms with Crippen LogP contribution in [0.2, 0.25) is 0 Å². The van der Waals surface area contributed by atoms with Crippen molar-refractivity contribution in [3.05, 3.63) is 59.7 Å². The Bertz CT molecular complexity index is 896. The summed E-state index contributed by atoms with van der Waals surface area (Å²) >= 11 is 0. The molecule has 1 fully saturated rings. The first-order valence-corrected chi connectivity index (χ1v) is 9.13. The Hall–Kier alpha value is -2.83. The molecule has 2 N–H and O–H groups in total. The van der Waals surface area contributed by atoms with Crippen LogP contribution in [0, 0.1) is 11.8 Å². The molecule has 4 rings (SSSR count). The number of alkyl halides is 3. The normalized spacial score (nSPS) is 24.3. The van der Waals surface area contributed by atoms with Crippen molar-refractivity contribution in [1.29, 1.82) is 0 Å². The average Bonchev–Trinajstić information content (AvgIpc) is 2.95. The molecule has 0 spiro atoms. The zero-order chi connectivity index (χ0) is 20.1. The molecule has 4 nitrogen and oxygen atoms in total. The average molecular weight is 388 g/mol. The number of piperidine rings is 1. The minimum absolute atomic E-state index is 0.314. The van der Waals surface area contributed by atoms with E-state index in [2.05, 4.69) is 5.32 Å². The fraction of sp³-hybridized carbons (Fsp3) is 0.333. The molecule has 146 valence electrons. The van der Waals surface area contributed by atoms with Crippen molar-refractivity contribution < 1.29 is 22.8 Å². The van der Waals surface area contributed by atoms with E-state index >= 15 is 0 Å². The molecule has 0 aromatic heterocycles. The predicted octanol–water partition coefficient (Wildman–Crippen LogP) is 3.58. The molecule has 2 aromatic carbocycles. The van der Waals surface area contributed by atoms with Crippen molar-refractivity contribution in [3.8, 4) is 11.1 Å². The molecule has 2 aromatic rings. The summed E-state index contributed by atoms with van der Waals surface area (Å²) in [6.07, 6.45) is -4.83. The molecule has 7 heteroatoms. The second kappa shape index (κ2) is 6.65. The summed E-state index contributed by atoms with van der Waals surface area (Å²) in [6.45, 7) is 1.51. The van der Waals surface area contributed by atoms with Gasteiger partial charge in [-0.1, -0.05) is 55.5 Å². The van der Waals surface area contributed by atoms with E-state index < -0.39 is 41.9 Å². The van der Waals surface area contributed by atoms with E-state index in [4.69, 9.17) is 0 Å². The lowest BCUT2D eigenvalue weighted by Gasteiger charge is -2.35. The molecule has 3 unspecified atom stereocenters. The maximum absolute atomic E-state index is 13.0. The smallest absolute Gasteiger partial charge is 0.344 e. The van der Waals surface area contributed by atoms with Crippen molar-refractivity contribution >= 4 is 11.8 Å². The Labute approximate surface area is 160 Å². The van der Waals surface area contributed by atoms with Crippen LogP contribution in [-0.2, 0) is 9.59 Å². The van der Waals surface area contributed by atoms with Gasteiger partial charge in [0.05, 0.1) is 6.04 Å². The first-order chi connectivity index (χ1) is 13.3. The summed E-state index contributed by atoms with van der Waals surface area (Å²) in [6, 6.07) is 13.0. The topological polar surface area (TPSA) is 58.2 Å². The summed E-state index contributed by atoms with van der Waals surface area (Å²) in [4.78, 5) is 25.2. The zero-order valence-electron chi connectivity index (χ0n) is 15.1. The summed E-state index contributed by atoms with van der Waals surface area (Å²) < 4.78 is 38.9. The zero-order valence-corrected chi connectivity index (χ0v) is 15.1. The van der Waals surface area contributed by atoms with E-state index in [0.717, 1.165) is 22.3 Å². The number of rotatable bonds is 2. The quantitative estimate of drug-likeness (QED) is 0.773. The molecule has 1 aliphatic carbocycles. The summed E-state index contributed by atoms with van der Waals surface area (Å²) in [5, 5.41) is 4.85. The van der Waals surface area contributed by atoms with Crippen LogP contribution in [0.25, 0.3) is 11.1 Å². The fourth-order valence-corrected chi connectivity index (χ4v) is 4.22. The van der Waals surface area contributed by atoms with Crippen LogP contribution in [0.1, 0.15) is 30.5 Å². The van der Waals surface area contributed by atoms with Crippen molar-refractivity contribution in [3.63, 3.8) is 0 Å². The number of hydrogen-bond acceptors (Lipinski definition) is 2. The molecule has 2 amide bonds. The SMILES string of the molecule is CC1CC(C(F)(F)F)NC(=O)C1C(=O)NC1c2ccccc2-c2ccccc21. The summed E-state index contributed by atoms with van der Waals surface area (Å²) in [7, 11) is 0. The van der Waals surface area contributed by atoms with Crippen LogP contribution in [0.3, 0.4) is 0 Å². The van der Waals surface area contributed by atoms with Crippen molar-refractivity contribution in [2.24, 2.45) is 11.8 Å². The van der Waals surface area contributed by atoms with Gasteiger partial charge in [-0.2, -0.15) is 13.2 Å². The minimum Gasteiger partial charge on any atom is -0.344 e. The maximum atomic E-state index is 13.0. The number of nitrogens with one attached hydrogen (secondary N) is 2. The highest BCUT2D eigenvalue weighted by Gasteiger charge is 2.49. The van der Waals surface area contributed by atoms with Gasteiger partial charge in [-0.05, 0) is 34.6 Å². The predicted molar refractivity (Wildman–Crippen MR) is 97.1 cm³/mol. The first kappa shape index (κ1) is 18.5. The van der Waals surface area contributed by atoms with Gasteiger partial charge in [0.25, 0.3) is 0 Å². The van der Waals surface area contributed by atoms with Crippen LogP contribution in [0.15, 0.2) is 48.5 Å². The molecule has 0 bridgehead atoms. The molecule has 1 aliphatic heterocycles. The van der Waals surface area contributed by atoms with Gasteiger partial charge >= 0.3 is 6.18 Å². The van der Waals surface area contributed by atoms with Gasteiger partial charge in [-0.3, -0.25) is 9.59 Å². The van der Waals surface area contributed by atoms with Crippen LogP contribution in [0.4, 0.5) is 13.2 Å². The number of amides is 2. The Morgan fingerprint density at radius 1 is 1.04 bits per heavy atom. The number of fused-ring (bicyclic) bond motifs is 3. The Morgan fingerprint density at radius 3 is 2.07 bits per heavy atom. The Balaban J connectivity index is 1.59. The molecule has 28 heavy (non-hydrogen) atoms. The Morgan fingerprint density at radius 2 is 1.57 bits per heavy atom. The minimum atomic E-state index is -4.52. The fourth-order valence-electron chi connectivity index (χ4n) is 4.22. The van der Waals surface area contributed by atoms with Crippen molar-refractivity contribution in [1.82, 2.24) is 10.6 Å². The van der Waals surface area contributed by atoms with Crippen molar-refractivity contribution in [2.75, 3.05) is 0 Å². The maximum Gasteiger partial charge on any atom is 0.408 e. The highest BCUT2D eigenvalue weighted by atomic mass is 19.4. The largest absolute Gasteiger partial charge is 0.408 e. The molecule has 1 saturated heterocycles. The molecule has 0 radical (unpaired) electrons. The standard InChI is InChI=1S/C21H19F3N2O2/c1-11-10-16(21(22,23)24)25-19(27)17(11)20(28)26-18-14-8-4-2-6-12(14)13-7-3-5-9-15(13)18/h2-9,11,16-18H,10H2,1H3,(H,25,27)(H,26,28). The second-order valence-electron chi connectivity index (χ2n) is 7.41. The van der Waals surface area contributed by atoms with Crippen LogP contribution >= 0.6 is 0 Å². The van der Waals surface area contributed by atoms with Gasteiger partial charge in [0.15, 0.2) is 0 Å². The van der Waals surface area contributed by atoms with Gasteiger partial charge in [-0.15, -0.1) is 0 Å². The van der Waals surface area contributed by atoms with Crippen LogP contribution in [-0.4, -0.2) is 24.0 Å². The summed E-state index contributed by atoms with van der Waals surface area (Å²) in [5.74, 6) is -3.30. The van der Waals surface area contributed by atoms with Gasteiger partial charge in [0, 0.05) is 0 Å². The summed E-state index contributed by atoms with van der Waals surface area (Å²) in [5.41, 5.74) is 3.83. The molecule has 1 heterocycles. The van der Waals surface area contributed by atoms with E-state index in [1.165, 1.54) is 6.92 Å². The lowest BCUT2D eigenvalue weighted by molar-refractivity contribution is -0.175. The lowest BCUT2D eigenvalue weighted by Crippen LogP contribution is -2.57. The second-order valence-corrected chi connectivity index (χ2v) is 7.41. The number of carbonyl (C=O) groups is 2. The van der Waals surface area contributed by atoms with E-state index in [-0.39, 0.29) is 6.42 Å². The number of halogens is 3. The van der Waals surface area contributed by atoms with Gasteiger partial charge in [-0.25, -0.2) is 0 Å². The molecular weight excluding hydrogens is 369 g/mol. The number of carbonyl (C=O) groups excluding carboxylic acids is 2. The number of benzene rings is 2. The van der Waals surface area contributed by atoms with Crippen LogP contribution < -0.4 is 10.6 Å². The lowest BCUT2D eigenvalue weighted by atomic mass is 9.82. The van der Waals surface area contributed by atoms with Gasteiger partial charge in [0.1, 0.15) is 12.0 Å².